The maximum Gasteiger partial charge on any atom is 0.472 e. The summed E-state index contributed by atoms with van der Waals surface area (Å²) in [7, 11) is 1.46. The van der Waals surface area contributed by atoms with Gasteiger partial charge in [-0.3, -0.25) is 18.6 Å². The van der Waals surface area contributed by atoms with Gasteiger partial charge in [-0.05, 0) is 83.5 Å². The topological polar surface area (TPSA) is 108 Å². The van der Waals surface area contributed by atoms with Crippen LogP contribution in [0.2, 0.25) is 0 Å². The summed E-state index contributed by atoms with van der Waals surface area (Å²) in [5.74, 6) is -0.816. The van der Waals surface area contributed by atoms with Crippen molar-refractivity contribution in [1.29, 1.82) is 0 Å². The number of hydrogen-bond acceptors (Lipinski definition) is 7. The number of rotatable bonds is 47. The van der Waals surface area contributed by atoms with Crippen molar-refractivity contribution in [3.63, 3.8) is 0 Å². The lowest BCUT2D eigenvalue weighted by Crippen LogP contribution is -2.37. The predicted octanol–water partition coefficient (Wildman–Crippen LogP) is 15.6. The zero-order valence-corrected chi connectivity index (χ0v) is 42.9. The van der Waals surface area contributed by atoms with E-state index in [-0.39, 0.29) is 32.0 Å². The van der Waals surface area contributed by atoms with Crippen LogP contribution in [0.15, 0.2) is 60.8 Å². The maximum atomic E-state index is 12.8. The highest BCUT2D eigenvalue weighted by atomic mass is 31.2. The zero-order chi connectivity index (χ0) is 47.1. The molecule has 10 heteroatoms. The average Bonchev–Trinajstić information content (AvgIpc) is 3.25. The molecule has 0 saturated heterocycles. The van der Waals surface area contributed by atoms with Gasteiger partial charge in [0.2, 0.25) is 0 Å². The Hall–Kier alpha value is -2.29. The number of esters is 2. The molecule has 0 spiro atoms. The van der Waals surface area contributed by atoms with E-state index in [2.05, 4.69) is 74.6 Å². The Morgan fingerprint density at radius 1 is 0.484 bits per heavy atom. The first-order valence-corrected chi connectivity index (χ1v) is 27.5. The van der Waals surface area contributed by atoms with Crippen molar-refractivity contribution in [2.75, 3.05) is 47.5 Å². The van der Waals surface area contributed by atoms with Gasteiger partial charge < -0.3 is 18.9 Å². The molecule has 9 nitrogen and oxygen atoms in total. The molecule has 0 aromatic carbocycles. The lowest BCUT2D eigenvalue weighted by atomic mass is 10.1. The number of phosphoric acid groups is 1. The number of carbonyl (C=O) groups is 2. The van der Waals surface area contributed by atoms with Gasteiger partial charge in [0.1, 0.15) is 19.8 Å². The minimum Gasteiger partial charge on any atom is -0.462 e. The second-order valence-electron chi connectivity index (χ2n) is 18.5. The Kier molecular flexibility index (Phi) is 44.2. The van der Waals surface area contributed by atoms with Crippen LogP contribution >= 0.6 is 7.82 Å². The molecule has 0 aliphatic rings. The minimum absolute atomic E-state index is 0.0260. The van der Waals surface area contributed by atoms with E-state index in [1.807, 2.05) is 21.1 Å². The van der Waals surface area contributed by atoms with Crippen molar-refractivity contribution in [1.82, 2.24) is 0 Å². The molecule has 0 fully saturated rings. The van der Waals surface area contributed by atoms with Gasteiger partial charge in [-0.2, -0.15) is 0 Å². The highest BCUT2D eigenvalue weighted by Gasteiger charge is 2.27. The average molecular weight is 921 g/mol. The van der Waals surface area contributed by atoms with E-state index in [0.717, 1.165) is 77.0 Å². The van der Waals surface area contributed by atoms with E-state index >= 15 is 0 Å². The molecular weight excluding hydrogens is 822 g/mol. The molecule has 2 atom stereocenters. The molecule has 372 valence electrons. The first-order valence-electron chi connectivity index (χ1n) is 26.0. The van der Waals surface area contributed by atoms with Crippen LogP contribution < -0.4 is 0 Å². The van der Waals surface area contributed by atoms with Crippen LogP contribution in [-0.4, -0.2) is 74.9 Å². The molecule has 64 heavy (non-hydrogen) atoms. The molecule has 0 aromatic heterocycles. The number of allylic oxidation sites excluding steroid dienone is 10. The van der Waals surface area contributed by atoms with Crippen molar-refractivity contribution in [3.8, 4) is 0 Å². The van der Waals surface area contributed by atoms with Crippen molar-refractivity contribution < 1.29 is 42.1 Å². The largest absolute Gasteiger partial charge is 0.472 e. The second kappa shape index (κ2) is 45.8. The number of unbranched alkanes of at least 4 members (excludes halogenated alkanes) is 23. The highest BCUT2D eigenvalue weighted by molar-refractivity contribution is 7.47. The third-order valence-electron chi connectivity index (χ3n) is 11.0. The lowest BCUT2D eigenvalue weighted by molar-refractivity contribution is -0.870. The van der Waals surface area contributed by atoms with Gasteiger partial charge in [0.15, 0.2) is 6.10 Å². The van der Waals surface area contributed by atoms with Crippen molar-refractivity contribution in [3.05, 3.63) is 60.8 Å². The van der Waals surface area contributed by atoms with Gasteiger partial charge in [-0.15, -0.1) is 0 Å². The van der Waals surface area contributed by atoms with Gasteiger partial charge in [0.25, 0.3) is 0 Å². The molecule has 0 heterocycles. The molecule has 0 saturated carbocycles. The molecular formula is C54H99NO8P+. The lowest BCUT2D eigenvalue weighted by Gasteiger charge is -2.24. The molecule has 0 aromatic rings. The summed E-state index contributed by atoms with van der Waals surface area (Å²) in [6.45, 7) is 4.38. The van der Waals surface area contributed by atoms with Crippen LogP contribution in [0.25, 0.3) is 0 Å². The molecule has 0 aliphatic carbocycles. The van der Waals surface area contributed by atoms with E-state index in [1.165, 1.54) is 109 Å². The molecule has 0 bridgehead atoms. The van der Waals surface area contributed by atoms with Gasteiger partial charge in [0.05, 0.1) is 27.7 Å². The van der Waals surface area contributed by atoms with Gasteiger partial charge in [-0.25, -0.2) is 4.57 Å². The number of likely N-dealkylation sites (N-methyl/N-ethyl adjacent to an activating group) is 1. The zero-order valence-electron chi connectivity index (χ0n) is 42.0. The Balaban J connectivity index is 4.28. The smallest absolute Gasteiger partial charge is 0.462 e. The monoisotopic (exact) mass is 921 g/mol. The summed E-state index contributed by atoms with van der Waals surface area (Å²) in [5, 5.41) is 0. The number of hydrogen-bond donors (Lipinski definition) is 1. The van der Waals surface area contributed by atoms with Crippen LogP contribution in [-0.2, 0) is 32.7 Å². The Morgan fingerprint density at radius 3 is 1.28 bits per heavy atom. The highest BCUT2D eigenvalue weighted by Crippen LogP contribution is 2.43. The van der Waals surface area contributed by atoms with E-state index in [9.17, 15) is 19.0 Å². The van der Waals surface area contributed by atoms with Crippen LogP contribution in [0.3, 0.4) is 0 Å². The second-order valence-corrected chi connectivity index (χ2v) is 20.0. The third kappa shape index (κ3) is 49.2. The minimum atomic E-state index is -4.39. The fourth-order valence-corrected chi connectivity index (χ4v) is 7.68. The van der Waals surface area contributed by atoms with Crippen LogP contribution in [0.4, 0.5) is 0 Å². The number of quaternary nitrogens is 1. The standard InChI is InChI=1S/C54H98NO8P/c1-6-8-10-12-14-16-18-20-22-24-26-27-29-30-32-34-36-38-40-42-44-46-53(56)60-50-52(51-62-64(58,59)61-49-48-55(3,4)5)63-54(57)47-45-43-41-39-37-35-33-31-28-25-23-21-19-17-15-13-11-9-7-2/h15,17-18,20-21,23-24,26,28,31,52H,6-14,16,19,22,25,27,29-30,32-51H2,1-5H3/p+1/b17-15-,20-18-,23-21-,26-24-,31-28-. The van der Waals surface area contributed by atoms with Crippen molar-refractivity contribution >= 4 is 19.8 Å². The predicted molar refractivity (Wildman–Crippen MR) is 270 cm³/mol. The fourth-order valence-electron chi connectivity index (χ4n) is 6.93. The molecule has 0 rings (SSSR count). The van der Waals surface area contributed by atoms with Gasteiger partial charge in [0, 0.05) is 12.8 Å². The number of carbonyl (C=O) groups excluding carboxylic acids is 2. The first kappa shape index (κ1) is 61.7. The number of ether oxygens (including phenoxy) is 2. The Morgan fingerprint density at radius 2 is 0.844 bits per heavy atom. The van der Waals surface area contributed by atoms with Crippen molar-refractivity contribution in [2.45, 2.75) is 225 Å². The summed E-state index contributed by atoms with van der Waals surface area (Å²) in [6, 6.07) is 0. The fraction of sp³-hybridized carbons (Fsp3) is 0.778. The van der Waals surface area contributed by atoms with Crippen LogP contribution in [0.1, 0.15) is 219 Å². The maximum absolute atomic E-state index is 12.8. The molecule has 1 N–H and O–H groups in total. The number of phosphoric ester groups is 1. The summed E-state index contributed by atoms with van der Waals surface area (Å²) in [4.78, 5) is 35.6. The summed E-state index contributed by atoms with van der Waals surface area (Å²) in [6.07, 6.45) is 56.9. The Bertz CT molecular complexity index is 1270. The van der Waals surface area contributed by atoms with E-state index < -0.39 is 26.5 Å². The van der Waals surface area contributed by atoms with Crippen LogP contribution in [0, 0.1) is 0 Å². The molecule has 0 amide bonds. The quantitative estimate of drug-likeness (QED) is 0.0211. The molecule has 0 radical (unpaired) electrons. The number of nitrogens with zero attached hydrogens (tertiary/aromatic N) is 1. The molecule has 2 unspecified atom stereocenters. The molecule has 0 aliphatic heterocycles. The Labute approximate surface area is 394 Å². The van der Waals surface area contributed by atoms with E-state index in [0.29, 0.717) is 17.4 Å². The summed E-state index contributed by atoms with van der Waals surface area (Å²) < 4.78 is 34.5. The SMILES string of the molecule is CCCCC/C=C\C/C=C\C/C=C\CCCCCCCCC(=O)OC(COC(=O)CCCCCCCCCCC/C=C\C/C=C\CCCCCCC)COP(=O)(O)OCC[N+](C)(C)C. The van der Waals surface area contributed by atoms with E-state index in [1.54, 1.807) is 0 Å². The van der Waals surface area contributed by atoms with Crippen LogP contribution in [0.5, 0.6) is 0 Å². The first-order chi connectivity index (χ1) is 31.0. The summed E-state index contributed by atoms with van der Waals surface area (Å²) in [5.41, 5.74) is 0. The third-order valence-corrected chi connectivity index (χ3v) is 12.0. The van der Waals surface area contributed by atoms with Gasteiger partial charge in [-0.1, -0.05) is 184 Å². The van der Waals surface area contributed by atoms with E-state index in [4.69, 9.17) is 18.5 Å². The van der Waals surface area contributed by atoms with Crippen molar-refractivity contribution in [2.24, 2.45) is 0 Å². The van der Waals surface area contributed by atoms with Gasteiger partial charge >= 0.3 is 19.8 Å². The summed E-state index contributed by atoms with van der Waals surface area (Å²) >= 11 is 0. The normalized spacial score (nSPS) is 13.9.